The number of rotatable bonds is 7. The summed E-state index contributed by atoms with van der Waals surface area (Å²) in [6, 6.07) is 12.6. The predicted molar refractivity (Wildman–Crippen MR) is 104 cm³/mol. The van der Waals surface area contributed by atoms with Crippen molar-refractivity contribution in [2.45, 2.75) is 30.4 Å². The minimum Gasteiger partial charge on any atom is -0.456 e. The van der Waals surface area contributed by atoms with Crippen molar-refractivity contribution in [2.75, 3.05) is 0 Å². The Kier molecular flexibility index (Phi) is 5.19. The van der Waals surface area contributed by atoms with E-state index in [9.17, 15) is 28.1 Å². The summed E-state index contributed by atoms with van der Waals surface area (Å²) in [6.07, 6.45) is 0.216. The van der Waals surface area contributed by atoms with Crippen LogP contribution in [-0.4, -0.2) is 36.2 Å². The highest BCUT2D eigenvalue weighted by molar-refractivity contribution is 7.86. The number of ether oxygens (including phenoxy) is 1. The first-order valence-corrected chi connectivity index (χ1v) is 10.6. The minimum atomic E-state index is -4.38. The summed E-state index contributed by atoms with van der Waals surface area (Å²) >= 11 is 0. The third-order valence-electron chi connectivity index (χ3n) is 4.92. The standard InChI is InChI=1S/C20H16N2O8S/c23-18-11-15-10-17(30-31(27,28)16-8-6-14(7-9-16)22(25)26)19(21(15)18)20(24)29-12-13-4-2-1-3-5-13/h1-9,15H,10-12H2/t15-/m1/s1. The lowest BCUT2D eigenvalue weighted by Crippen LogP contribution is -2.49. The molecule has 4 rings (SSSR count). The van der Waals surface area contributed by atoms with Gasteiger partial charge in [-0.15, -0.1) is 0 Å². The molecule has 0 saturated carbocycles. The van der Waals surface area contributed by atoms with Gasteiger partial charge >= 0.3 is 16.1 Å². The van der Waals surface area contributed by atoms with Gasteiger partial charge in [0.05, 0.1) is 11.0 Å². The number of esters is 1. The van der Waals surface area contributed by atoms with Crippen LogP contribution in [0.25, 0.3) is 0 Å². The fraction of sp³-hybridized carbons (Fsp3) is 0.200. The fourth-order valence-electron chi connectivity index (χ4n) is 3.39. The van der Waals surface area contributed by atoms with E-state index in [1.165, 1.54) is 4.90 Å². The van der Waals surface area contributed by atoms with E-state index in [0.717, 1.165) is 29.8 Å². The molecule has 2 heterocycles. The summed E-state index contributed by atoms with van der Waals surface area (Å²) in [5.41, 5.74) is 0.212. The van der Waals surface area contributed by atoms with E-state index < -0.39 is 21.0 Å². The first-order chi connectivity index (χ1) is 14.8. The van der Waals surface area contributed by atoms with Crippen LogP contribution in [0.5, 0.6) is 0 Å². The molecule has 0 N–H and O–H groups in total. The predicted octanol–water partition coefficient (Wildman–Crippen LogP) is 2.26. The maximum absolute atomic E-state index is 12.7. The Morgan fingerprint density at radius 1 is 1.10 bits per heavy atom. The number of carbonyl (C=O) groups is 2. The maximum atomic E-state index is 12.7. The number of β-lactam (4-membered cyclic amide) rings is 1. The number of nitrogens with zero attached hydrogens (tertiary/aromatic N) is 2. The Morgan fingerprint density at radius 2 is 1.77 bits per heavy atom. The van der Waals surface area contributed by atoms with Gasteiger partial charge in [0, 0.05) is 25.0 Å². The van der Waals surface area contributed by atoms with E-state index in [0.29, 0.717) is 0 Å². The molecule has 2 aliphatic rings. The fourth-order valence-corrected chi connectivity index (χ4v) is 4.37. The van der Waals surface area contributed by atoms with Gasteiger partial charge in [0.2, 0.25) is 5.91 Å². The van der Waals surface area contributed by atoms with Gasteiger partial charge in [0.25, 0.3) is 5.69 Å². The highest BCUT2D eigenvalue weighted by atomic mass is 32.2. The number of fused-ring (bicyclic) bond motifs is 1. The van der Waals surface area contributed by atoms with Crippen LogP contribution in [0, 0.1) is 10.1 Å². The Morgan fingerprint density at radius 3 is 2.39 bits per heavy atom. The first kappa shape index (κ1) is 20.5. The summed E-state index contributed by atoms with van der Waals surface area (Å²) in [5, 5.41) is 10.8. The number of nitro groups is 1. The van der Waals surface area contributed by atoms with Crippen molar-refractivity contribution in [3.05, 3.63) is 81.7 Å². The van der Waals surface area contributed by atoms with Crippen LogP contribution < -0.4 is 0 Å². The van der Waals surface area contributed by atoms with Gasteiger partial charge in [-0.1, -0.05) is 30.3 Å². The van der Waals surface area contributed by atoms with Crippen molar-refractivity contribution < 1.29 is 31.9 Å². The average molecular weight is 444 g/mol. The average Bonchev–Trinajstić information content (AvgIpc) is 3.04. The molecular weight excluding hydrogens is 428 g/mol. The zero-order valence-electron chi connectivity index (χ0n) is 16.0. The normalized spacial score (nSPS) is 17.7. The molecule has 2 aromatic rings. The van der Waals surface area contributed by atoms with Crippen LogP contribution in [0.4, 0.5) is 5.69 Å². The molecule has 0 bridgehead atoms. The van der Waals surface area contributed by atoms with Gasteiger partial charge in [-0.3, -0.25) is 19.8 Å². The van der Waals surface area contributed by atoms with Gasteiger partial charge in [-0.05, 0) is 17.7 Å². The zero-order chi connectivity index (χ0) is 22.2. The van der Waals surface area contributed by atoms with Crippen molar-refractivity contribution >= 4 is 27.7 Å². The highest BCUT2D eigenvalue weighted by Gasteiger charge is 2.50. The first-order valence-electron chi connectivity index (χ1n) is 9.21. The van der Waals surface area contributed by atoms with E-state index in [1.807, 2.05) is 6.07 Å². The zero-order valence-corrected chi connectivity index (χ0v) is 16.8. The molecule has 160 valence electrons. The van der Waals surface area contributed by atoms with E-state index in [2.05, 4.69) is 0 Å². The monoisotopic (exact) mass is 444 g/mol. The highest BCUT2D eigenvalue weighted by Crippen LogP contribution is 2.40. The third kappa shape index (κ3) is 3.99. The molecule has 1 atom stereocenters. The third-order valence-corrected chi connectivity index (χ3v) is 6.19. The van der Waals surface area contributed by atoms with Crippen LogP contribution in [-0.2, 0) is 35.2 Å². The van der Waals surface area contributed by atoms with E-state index in [4.69, 9.17) is 8.92 Å². The number of hydrogen-bond donors (Lipinski definition) is 0. The van der Waals surface area contributed by atoms with Crippen molar-refractivity contribution in [3.63, 3.8) is 0 Å². The maximum Gasteiger partial charge on any atom is 0.358 e. The Balaban J connectivity index is 1.58. The van der Waals surface area contributed by atoms with E-state index >= 15 is 0 Å². The molecular formula is C20H16N2O8S. The molecule has 1 saturated heterocycles. The van der Waals surface area contributed by atoms with Crippen LogP contribution in [0.1, 0.15) is 18.4 Å². The van der Waals surface area contributed by atoms with Crippen LogP contribution in [0.2, 0.25) is 0 Å². The number of nitro benzene ring substituents is 1. The lowest BCUT2D eigenvalue weighted by atomic mass is 10.0. The summed E-state index contributed by atoms with van der Waals surface area (Å²) in [7, 11) is -4.38. The molecule has 31 heavy (non-hydrogen) atoms. The van der Waals surface area contributed by atoms with Crippen LogP contribution >= 0.6 is 0 Å². The minimum absolute atomic E-state index is 0.0493. The number of benzene rings is 2. The van der Waals surface area contributed by atoms with Gasteiger partial charge in [0.1, 0.15) is 11.5 Å². The summed E-state index contributed by atoms with van der Waals surface area (Å²) in [4.78, 5) is 35.7. The van der Waals surface area contributed by atoms with E-state index in [-0.39, 0.29) is 53.4 Å². The lowest BCUT2D eigenvalue weighted by Gasteiger charge is -2.34. The largest absolute Gasteiger partial charge is 0.456 e. The summed E-state index contributed by atoms with van der Waals surface area (Å²) in [6.45, 7) is -0.0573. The Hall–Kier alpha value is -3.73. The molecule has 0 aliphatic carbocycles. The molecule has 0 aromatic heterocycles. The molecule has 1 amide bonds. The smallest absolute Gasteiger partial charge is 0.358 e. The molecule has 11 heteroatoms. The second kappa shape index (κ2) is 7.84. The molecule has 0 spiro atoms. The second-order valence-corrected chi connectivity index (χ2v) is 8.49. The summed E-state index contributed by atoms with van der Waals surface area (Å²) in [5.74, 6) is -1.39. The topological polar surface area (TPSA) is 133 Å². The molecule has 0 radical (unpaired) electrons. The lowest BCUT2D eigenvalue weighted by molar-refractivity contribution is -0.384. The van der Waals surface area contributed by atoms with Crippen molar-refractivity contribution in [3.8, 4) is 0 Å². The van der Waals surface area contributed by atoms with Crippen molar-refractivity contribution in [1.82, 2.24) is 4.90 Å². The van der Waals surface area contributed by atoms with Crippen molar-refractivity contribution in [2.24, 2.45) is 0 Å². The van der Waals surface area contributed by atoms with Crippen LogP contribution in [0.3, 0.4) is 0 Å². The van der Waals surface area contributed by atoms with Crippen LogP contribution in [0.15, 0.2) is 70.9 Å². The summed E-state index contributed by atoms with van der Waals surface area (Å²) < 4.78 is 35.8. The molecule has 2 aromatic carbocycles. The SMILES string of the molecule is O=C(OCc1ccccc1)C1=C(OS(=O)(=O)c2ccc([N+](=O)[O-])cc2)C[C@@H]2CC(=O)N12. The Bertz CT molecular complexity index is 1190. The number of hydrogen-bond acceptors (Lipinski definition) is 8. The second-order valence-electron chi connectivity index (χ2n) is 6.95. The molecule has 1 fully saturated rings. The number of carbonyl (C=O) groups excluding carboxylic acids is 2. The van der Waals surface area contributed by atoms with Gasteiger partial charge in [-0.25, -0.2) is 4.79 Å². The number of non-ortho nitro benzene ring substituents is 1. The van der Waals surface area contributed by atoms with Gasteiger partial charge in [-0.2, -0.15) is 8.42 Å². The Labute approximate surface area is 177 Å². The van der Waals surface area contributed by atoms with Crippen molar-refractivity contribution in [1.29, 1.82) is 0 Å². The quantitative estimate of drug-likeness (QED) is 0.209. The molecule has 0 unspecified atom stereocenters. The molecule has 10 nitrogen and oxygen atoms in total. The number of amides is 1. The van der Waals surface area contributed by atoms with Gasteiger partial charge in [0.15, 0.2) is 11.5 Å². The molecule has 2 aliphatic heterocycles. The van der Waals surface area contributed by atoms with Gasteiger partial charge < -0.3 is 8.92 Å². The van der Waals surface area contributed by atoms with E-state index in [1.54, 1.807) is 24.3 Å².